The van der Waals surface area contributed by atoms with E-state index in [0.717, 1.165) is 21.2 Å². The number of halogens is 3. The molecule has 0 aliphatic heterocycles. The van der Waals surface area contributed by atoms with E-state index in [1.165, 1.54) is 0 Å². The molecule has 108 valence electrons. The summed E-state index contributed by atoms with van der Waals surface area (Å²) in [4.78, 5) is 11.0. The van der Waals surface area contributed by atoms with Crippen molar-refractivity contribution in [3.8, 4) is 11.1 Å². The largest absolute Gasteiger partial charge is 0.481 e. The molecule has 0 radical (unpaired) electrons. The average molecular weight is 386 g/mol. The maximum Gasteiger partial charge on any atom is 0.307 e. The molecule has 2 atom stereocenters. The van der Waals surface area contributed by atoms with Gasteiger partial charge in [0.25, 0.3) is 0 Å². The van der Waals surface area contributed by atoms with Crippen LogP contribution in [0.1, 0.15) is 17.9 Å². The van der Waals surface area contributed by atoms with Crippen LogP contribution in [0.2, 0.25) is 10.0 Å². The molecule has 0 bridgehead atoms. The van der Waals surface area contributed by atoms with E-state index in [2.05, 4.69) is 15.9 Å². The van der Waals surface area contributed by atoms with E-state index < -0.39 is 5.97 Å². The number of hydrogen-bond acceptors (Lipinski definition) is 1. The topological polar surface area (TPSA) is 37.3 Å². The van der Waals surface area contributed by atoms with Gasteiger partial charge < -0.3 is 5.11 Å². The monoisotopic (exact) mass is 384 g/mol. The lowest BCUT2D eigenvalue weighted by molar-refractivity contribution is -0.138. The highest BCUT2D eigenvalue weighted by Gasteiger charge is 2.45. The fourth-order valence-electron chi connectivity index (χ4n) is 2.55. The lowest BCUT2D eigenvalue weighted by Crippen LogP contribution is -1.99. The Balaban J connectivity index is 2.02. The standard InChI is InChI=1S/C16H11BrCl2O2/c17-13-4-2-1-3-8(13)9-5-6-10(15(19)14(9)18)11-7-12(11)16(20)21/h1-6,11-12H,7H2,(H,20,21). The molecule has 2 aromatic carbocycles. The molecule has 21 heavy (non-hydrogen) atoms. The Morgan fingerprint density at radius 3 is 2.43 bits per heavy atom. The molecule has 0 heterocycles. The van der Waals surface area contributed by atoms with E-state index in [4.69, 9.17) is 28.3 Å². The van der Waals surface area contributed by atoms with Crippen LogP contribution in [0.4, 0.5) is 0 Å². The van der Waals surface area contributed by atoms with Crippen LogP contribution in [0.3, 0.4) is 0 Å². The van der Waals surface area contributed by atoms with E-state index in [-0.39, 0.29) is 11.8 Å². The number of aliphatic carboxylic acids is 1. The first-order chi connectivity index (χ1) is 10.0. The first kappa shape index (κ1) is 14.9. The van der Waals surface area contributed by atoms with E-state index >= 15 is 0 Å². The first-order valence-electron chi connectivity index (χ1n) is 6.46. The first-order valence-corrected chi connectivity index (χ1v) is 8.01. The summed E-state index contributed by atoms with van der Waals surface area (Å²) >= 11 is 16.3. The molecule has 5 heteroatoms. The third-order valence-corrected chi connectivity index (χ3v) is 5.37. The third-order valence-electron chi connectivity index (χ3n) is 3.78. The lowest BCUT2D eigenvalue weighted by atomic mass is 10.0. The molecule has 0 spiro atoms. The molecule has 3 rings (SSSR count). The van der Waals surface area contributed by atoms with Crippen molar-refractivity contribution in [1.82, 2.24) is 0 Å². The molecule has 2 unspecified atom stereocenters. The van der Waals surface area contributed by atoms with Gasteiger partial charge in [-0.05, 0) is 29.5 Å². The highest BCUT2D eigenvalue weighted by Crippen LogP contribution is 2.52. The number of hydrogen-bond donors (Lipinski definition) is 1. The summed E-state index contributed by atoms with van der Waals surface area (Å²) in [6, 6.07) is 11.5. The van der Waals surface area contributed by atoms with E-state index in [1.807, 2.05) is 36.4 Å². The Labute approximate surface area is 140 Å². The zero-order valence-electron chi connectivity index (χ0n) is 10.8. The molecular weight excluding hydrogens is 375 g/mol. The average Bonchev–Trinajstić information content (AvgIpc) is 3.23. The molecule has 1 N–H and O–H groups in total. The van der Waals surface area contributed by atoms with Crippen LogP contribution in [0.15, 0.2) is 40.9 Å². The Kier molecular flexibility index (Phi) is 4.00. The van der Waals surface area contributed by atoms with Crippen molar-refractivity contribution >= 4 is 45.1 Å². The second kappa shape index (κ2) is 5.64. The molecule has 1 saturated carbocycles. The van der Waals surface area contributed by atoms with Crippen molar-refractivity contribution < 1.29 is 9.90 Å². The van der Waals surface area contributed by atoms with Gasteiger partial charge in [-0.15, -0.1) is 0 Å². The number of carboxylic acids is 1. The van der Waals surface area contributed by atoms with Gasteiger partial charge >= 0.3 is 5.97 Å². The maximum absolute atomic E-state index is 11.0. The van der Waals surface area contributed by atoms with E-state index in [0.29, 0.717) is 16.5 Å². The summed E-state index contributed by atoms with van der Waals surface area (Å²) in [7, 11) is 0. The van der Waals surface area contributed by atoms with Crippen molar-refractivity contribution in [2.45, 2.75) is 12.3 Å². The third kappa shape index (κ3) is 2.70. The number of carboxylic acid groups (broad SMARTS) is 1. The van der Waals surface area contributed by atoms with Gasteiger partial charge in [0.05, 0.1) is 16.0 Å². The molecule has 2 nitrogen and oxygen atoms in total. The summed E-state index contributed by atoms with van der Waals surface area (Å²) in [5.41, 5.74) is 2.62. The zero-order valence-corrected chi connectivity index (χ0v) is 13.9. The van der Waals surface area contributed by atoms with Gasteiger partial charge in [-0.2, -0.15) is 0 Å². The minimum Gasteiger partial charge on any atom is -0.481 e. The van der Waals surface area contributed by atoms with Crippen LogP contribution in [0.5, 0.6) is 0 Å². The Morgan fingerprint density at radius 1 is 1.10 bits per heavy atom. The predicted octanol–water partition coefficient (Wildman–Crippen LogP) is 5.61. The van der Waals surface area contributed by atoms with E-state index in [9.17, 15) is 4.79 Å². The van der Waals surface area contributed by atoms with Crippen LogP contribution in [-0.4, -0.2) is 11.1 Å². The summed E-state index contributed by atoms with van der Waals surface area (Å²) in [6.45, 7) is 0. The molecular formula is C16H11BrCl2O2. The Morgan fingerprint density at radius 2 is 1.81 bits per heavy atom. The SMILES string of the molecule is O=C(O)C1CC1c1ccc(-c2ccccc2Br)c(Cl)c1Cl. The number of rotatable bonds is 3. The van der Waals surface area contributed by atoms with Gasteiger partial charge in [0.15, 0.2) is 0 Å². The smallest absolute Gasteiger partial charge is 0.307 e. The number of carbonyl (C=O) groups is 1. The van der Waals surface area contributed by atoms with Gasteiger partial charge in [-0.3, -0.25) is 4.79 Å². The molecule has 2 aromatic rings. The summed E-state index contributed by atoms with van der Waals surface area (Å²) < 4.78 is 0.936. The van der Waals surface area contributed by atoms with Crippen LogP contribution in [0.25, 0.3) is 11.1 Å². The molecule has 0 amide bonds. The highest BCUT2D eigenvalue weighted by atomic mass is 79.9. The highest BCUT2D eigenvalue weighted by molar-refractivity contribution is 9.10. The zero-order chi connectivity index (χ0) is 15.1. The fraction of sp³-hybridized carbons (Fsp3) is 0.188. The molecule has 1 aliphatic rings. The Bertz CT molecular complexity index is 730. The predicted molar refractivity (Wildman–Crippen MR) is 88.1 cm³/mol. The summed E-state index contributed by atoms with van der Waals surface area (Å²) in [6.07, 6.45) is 0.625. The van der Waals surface area contributed by atoms with Crippen LogP contribution in [-0.2, 0) is 4.79 Å². The lowest BCUT2D eigenvalue weighted by Gasteiger charge is -2.12. The second-order valence-corrected chi connectivity index (χ2v) is 6.71. The minimum atomic E-state index is -0.776. The van der Waals surface area contributed by atoms with Gasteiger partial charge in [0, 0.05) is 10.0 Å². The summed E-state index contributed by atoms with van der Waals surface area (Å²) in [5, 5.41) is 9.96. The van der Waals surface area contributed by atoms with Gasteiger partial charge in [0.1, 0.15) is 0 Å². The van der Waals surface area contributed by atoms with Crippen molar-refractivity contribution in [3.63, 3.8) is 0 Å². The number of benzene rings is 2. The van der Waals surface area contributed by atoms with Crippen molar-refractivity contribution in [2.75, 3.05) is 0 Å². The summed E-state index contributed by atoms with van der Waals surface area (Å²) in [5.74, 6) is -1.14. The molecule has 1 aliphatic carbocycles. The van der Waals surface area contributed by atoms with Gasteiger partial charge in [0.2, 0.25) is 0 Å². The quantitative estimate of drug-likeness (QED) is 0.745. The van der Waals surface area contributed by atoms with Crippen molar-refractivity contribution in [2.24, 2.45) is 5.92 Å². The molecule has 0 aromatic heterocycles. The molecule has 0 saturated heterocycles. The van der Waals surface area contributed by atoms with Crippen molar-refractivity contribution in [3.05, 3.63) is 56.5 Å². The van der Waals surface area contributed by atoms with Crippen LogP contribution in [0, 0.1) is 5.92 Å². The van der Waals surface area contributed by atoms with Crippen LogP contribution < -0.4 is 0 Å². The minimum absolute atomic E-state index is 0.0271. The molecule has 1 fully saturated rings. The fourth-order valence-corrected chi connectivity index (χ4v) is 3.63. The normalized spacial score (nSPS) is 20.3. The van der Waals surface area contributed by atoms with Gasteiger partial charge in [-0.25, -0.2) is 0 Å². The maximum atomic E-state index is 11.0. The van der Waals surface area contributed by atoms with Crippen LogP contribution >= 0.6 is 39.1 Å². The van der Waals surface area contributed by atoms with Gasteiger partial charge in [-0.1, -0.05) is 69.5 Å². The van der Waals surface area contributed by atoms with Crippen molar-refractivity contribution in [1.29, 1.82) is 0 Å². The second-order valence-electron chi connectivity index (χ2n) is 5.10. The Hall–Kier alpha value is -1.03. The van der Waals surface area contributed by atoms with E-state index in [1.54, 1.807) is 0 Å².